The van der Waals surface area contributed by atoms with E-state index in [1.54, 1.807) is 4.90 Å². The van der Waals surface area contributed by atoms with E-state index in [4.69, 9.17) is 9.47 Å². The number of nitrogens with one attached hydrogen (secondary N) is 1. The van der Waals surface area contributed by atoms with Gasteiger partial charge in [-0.2, -0.15) is 0 Å². The molecule has 0 spiro atoms. The van der Waals surface area contributed by atoms with Gasteiger partial charge in [0.05, 0.1) is 5.69 Å². The van der Waals surface area contributed by atoms with E-state index in [1.807, 2.05) is 32.9 Å². The third kappa shape index (κ3) is 3.32. The van der Waals surface area contributed by atoms with Gasteiger partial charge < -0.3 is 19.7 Å². The van der Waals surface area contributed by atoms with Crippen LogP contribution in [-0.4, -0.2) is 53.1 Å². The lowest BCUT2D eigenvalue weighted by Gasteiger charge is -2.31. The van der Waals surface area contributed by atoms with Crippen molar-refractivity contribution in [3.05, 3.63) is 23.8 Å². The molecular formula is C17H23N2O3Si. The maximum atomic E-state index is 12.3. The summed E-state index contributed by atoms with van der Waals surface area (Å²) in [5.41, 5.74) is 1.62. The molecule has 2 aliphatic rings. The number of amides is 1. The Labute approximate surface area is 140 Å². The van der Waals surface area contributed by atoms with Gasteiger partial charge in [0, 0.05) is 40.5 Å². The predicted octanol–water partition coefficient (Wildman–Crippen LogP) is 2.50. The van der Waals surface area contributed by atoms with Gasteiger partial charge in [-0.05, 0) is 33.3 Å². The van der Waals surface area contributed by atoms with Gasteiger partial charge in [-0.15, -0.1) is 0 Å². The van der Waals surface area contributed by atoms with Crippen LogP contribution in [0.25, 0.3) is 0 Å². The molecule has 123 valence electrons. The van der Waals surface area contributed by atoms with Crippen molar-refractivity contribution in [2.24, 2.45) is 0 Å². The number of carbonyl (C=O) groups excluding carboxylic acids is 1. The smallest absolute Gasteiger partial charge is 0.410 e. The van der Waals surface area contributed by atoms with E-state index >= 15 is 0 Å². The summed E-state index contributed by atoms with van der Waals surface area (Å²) in [6.07, 6.45) is 0.560. The van der Waals surface area contributed by atoms with Gasteiger partial charge in [-0.3, -0.25) is 0 Å². The van der Waals surface area contributed by atoms with E-state index < -0.39 is 5.60 Å². The zero-order chi connectivity index (χ0) is 16.7. The molecule has 6 heteroatoms. The first kappa shape index (κ1) is 16.2. The maximum Gasteiger partial charge on any atom is 0.410 e. The highest BCUT2D eigenvalue weighted by atomic mass is 28.1. The number of carbonyl (C=O) groups is 1. The summed E-state index contributed by atoms with van der Waals surface area (Å²) in [5.74, 6) is 0.889. The Bertz CT molecular complexity index is 614. The summed E-state index contributed by atoms with van der Waals surface area (Å²) < 4.78 is 11.4. The maximum absolute atomic E-state index is 12.3. The standard InChI is InChI=1S/C17H23N2O3Si/c1-16(2,3)22-15(20)19-9-7-17(23,11-19)12-5-4-6-13-14(12)21-10-8-18-13/h4-6,18H,7-11H2,1-3H3/t17-/m0/s1. The minimum absolute atomic E-state index is 0.263. The zero-order valence-electron chi connectivity index (χ0n) is 13.9. The van der Waals surface area contributed by atoms with Crippen LogP contribution in [0.5, 0.6) is 5.75 Å². The number of nitrogens with zero attached hydrogens (tertiary/aromatic N) is 1. The van der Waals surface area contributed by atoms with Crippen molar-refractivity contribution in [1.29, 1.82) is 0 Å². The zero-order valence-corrected chi connectivity index (χ0v) is 14.9. The summed E-state index contributed by atoms with van der Waals surface area (Å²) in [6, 6.07) is 6.11. The van der Waals surface area contributed by atoms with Crippen molar-refractivity contribution < 1.29 is 14.3 Å². The van der Waals surface area contributed by atoms with Crippen LogP contribution in [0.4, 0.5) is 10.5 Å². The monoisotopic (exact) mass is 331 g/mol. The summed E-state index contributed by atoms with van der Waals surface area (Å²) >= 11 is 0. The third-order valence-corrected chi connectivity index (χ3v) is 4.79. The van der Waals surface area contributed by atoms with Gasteiger partial charge in [0.1, 0.15) is 18.0 Å². The number of benzene rings is 1. The molecule has 0 saturated carbocycles. The van der Waals surface area contributed by atoms with Gasteiger partial charge >= 0.3 is 6.09 Å². The van der Waals surface area contributed by atoms with Crippen LogP contribution < -0.4 is 10.1 Å². The van der Waals surface area contributed by atoms with Crippen LogP contribution in [0.1, 0.15) is 32.8 Å². The molecule has 23 heavy (non-hydrogen) atoms. The van der Waals surface area contributed by atoms with E-state index in [0.29, 0.717) is 19.7 Å². The summed E-state index contributed by atoms with van der Waals surface area (Å²) in [5, 5.41) is 3.05. The largest absolute Gasteiger partial charge is 0.489 e. The summed E-state index contributed by atoms with van der Waals surface area (Å²) in [6.45, 7) is 8.35. The Hall–Kier alpha value is -1.69. The molecule has 1 saturated heterocycles. The number of rotatable bonds is 1. The topological polar surface area (TPSA) is 50.8 Å². The second kappa shape index (κ2) is 5.74. The predicted molar refractivity (Wildman–Crippen MR) is 90.3 cm³/mol. The fraction of sp³-hybridized carbons (Fsp3) is 0.588. The van der Waals surface area contributed by atoms with Crippen LogP contribution in [0.3, 0.4) is 0 Å². The molecule has 1 N–H and O–H groups in total. The molecule has 1 fully saturated rings. The quantitative estimate of drug-likeness (QED) is 0.803. The number of ether oxygens (including phenoxy) is 2. The van der Waals surface area contributed by atoms with Gasteiger partial charge in [0.15, 0.2) is 0 Å². The van der Waals surface area contributed by atoms with Gasteiger partial charge in [-0.25, -0.2) is 4.79 Å². The van der Waals surface area contributed by atoms with Crippen LogP contribution in [0.2, 0.25) is 0 Å². The van der Waals surface area contributed by atoms with Crippen molar-refractivity contribution >= 4 is 22.0 Å². The highest BCUT2D eigenvalue weighted by Gasteiger charge is 2.41. The fourth-order valence-corrected chi connectivity index (χ4v) is 3.56. The molecule has 2 heterocycles. The van der Waals surface area contributed by atoms with E-state index in [-0.39, 0.29) is 11.1 Å². The number of para-hydroxylation sites is 1. The minimum Gasteiger partial charge on any atom is -0.489 e. The molecule has 1 aromatic rings. The first-order chi connectivity index (χ1) is 10.8. The van der Waals surface area contributed by atoms with Crippen molar-refractivity contribution in [3.8, 4) is 5.75 Å². The molecule has 1 atom stereocenters. The first-order valence-corrected chi connectivity index (χ1v) is 8.52. The molecular weight excluding hydrogens is 308 g/mol. The molecule has 3 radical (unpaired) electrons. The van der Waals surface area contributed by atoms with Crippen LogP contribution in [-0.2, 0) is 9.78 Å². The Morgan fingerprint density at radius 1 is 1.43 bits per heavy atom. The number of likely N-dealkylation sites (tertiary alicyclic amines) is 1. The van der Waals surface area contributed by atoms with E-state index in [1.165, 1.54) is 0 Å². The normalized spacial score (nSPS) is 23.7. The van der Waals surface area contributed by atoms with E-state index in [0.717, 1.165) is 30.0 Å². The van der Waals surface area contributed by atoms with Gasteiger partial charge in [-0.1, -0.05) is 12.1 Å². The second-order valence-electron chi connectivity index (χ2n) is 7.19. The van der Waals surface area contributed by atoms with Crippen LogP contribution in [0.15, 0.2) is 18.2 Å². The van der Waals surface area contributed by atoms with Gasteiger partial charge in [0.25, 0.3) is 0 Å². The SMILES string of the molecule is CC(C)(C)OC(=O)N1CC[C@@]([Si])(c2cccc3c2OCCN3)C1. The molecule has 5 nitrogen and oxygen atoms in total. The first-order valence-electron chi connectivity index (χ1n) is 8.02. The Kier molecular flexibility index (Phi) is 4.04. The third-order valence-electron chi connectivity index (χ3n) is 4.12. The highest BCUT2D eigenvalue weighted by molar-refractivity contribution is 6.17. The van der Waals surface area contributed by atoms with Crippen molar-refractivity contribution in [2.75, 3.05) is 31.6 Å². The highest BCUT2D eigenvalue weighted by Crippen LogP contribution is 2.42. The lowest BCUT2D eigenvalue weighted by Crippen LogP contribution is -2.38. The lowest BCUT2D eigenvalue weighted by atomic mass is 9.94. The molecule has 0 aliphatic carbocycles. The average molecular weight is 331 g/mol. The summed E-state index contributed by atoms with van der Waals surface area (Å²) in [7, 11) is 3.93. The Morgan fingerprint density at radius 3 is 2.96 bits per heavy atom. The van der Waals surface area contributed by atoms with Gasteiger partial charge in [0.2, 0.25) is 0 Å². The lowest BCUT2D eigenvalue weighted by molar-refractivity contribution is 0.0290. The van der Waals surface area contributed by atoms with Crippen molar-refractivity contribution in [3.63, 3.8) is 0 Å². The van der Waals surface area contributed by atoms with Crippen molar-refractivity contribution in [2.45, 2.75) is 37.8 Å². The molecule has 1 aromatic carbocycles. The van der Waals surface area contributed by atoms with Crippen molar-refractivity contribution in [1.82, 2.24) is 4.90 Å². The number of fused-ring (bicyclic) bond motifs is 1. The molecule has 3 rings (SSSR count). The molecule has 1 amide bonds. The fourth-order valence-electron chi connectivity index (χ4n) is 3.06. The van der Waals surface area contributed by atoms with E-state index in [9.17, 15) is 4.79 Å². The number of hydrogen-bond donors (Lipinski definition) is 1. The molecule has 2 aliphatic heterocycles. The summed E-state index contributed by atoms with van der Waals surface area (Å²) in [4.78, 5) is 14.1. The number of anilines is 1. The Balaban J connectivity index is 1.81. The Morgan fingerprint density at radius 2 is 2.22 bits per heavy atom. The minimum atomic E-state index is -0.479. The van der Waals surface area contributed by atoms with Crippen LogP contribution >= 0.6 is 0 Å². The molecule has 0 unspecified atom stereocenters. The molecule has 0 aromatic heterocycles. The van der Waals surface area contributed by atoms with Crippen LogP contribution in [0, 0.1) is 0 Å². The second-order valence-corrected chi connectivity index (χ2v) is 8.15. The average Bonchev–Trinajstić information content (AvgIpc) is 2.89. The van der Waals surface area contributed by atoms with E-state index in [2.05, 4.69) is 21.6 Å². The number of hydrogen-bond acceptors (Lipinski definition) is 4. The molecule has 0 bridgehead atoms.